The first-order valence-corrected chi connectivity index (χ1v) is 7.71. The normalized spacial score (nSPS) is 11.1. The molecule has 0 aromatic heterocycles. The van der Waals surface area contributed by atoms with Gasteiger partial charge in [-0.1, -0.05) is 6.92 Å². The first-order valence-electron chi connectivity index (χ1n) is 4.36. The lowest BCUT2D eigenvalue weighted by Crippen LogP contribution is -2.03. The van der Waals surface area contributed by atoms with Crippen LogP contribution >= 0.6 is 48.8 Å². The first kappa shape index (κ1) is 14.4. The van der Waals surface area contributed by atoms with Crippen LogP contribution in [0.25, 0.3) is 0 Å². The number of thiol groups is 2. The topological polar surface area (TPSA) is 9.23 Å². The van der Waals surface area contributed by atoms with E-state index in [-0.39, 0.29) is 4.58 Å². The zero-order valence-corrected chi connectivity index (χ0v) is 11.4. The highest BCUT2D eigenvalue weighted by Gasteiger charge is 1.95. The maximum absolute atomic E-state index is 5.43. The van der Waals surface area contributed by atoms with Crippen LogP contribution in [0.5, 0.6) is 0 Å². The molecule has 80 valence electrons. The molecule has 5 heteroatoms. The molecule has 0 N–H and O–H groups in total. The molecule has 0 atom stereocenters. The Kier molecular flexibility index (Phi) is 12.6. The fraction of sp³-hybridized carbons (Fsp3) is 1.00. The zero-order valence-electron chi connectivity index (χ0n) is 7.94. The second-order valence-corrected chi connectivity index (χ2v) is 6.56. The van der Waals surface area contributed by atoms with Crippen LogP contribution in [0.2, 0.25) is 0 Å². The second-order valence-electron chi connectivity index (χ2n) is 2.36. The van der Waals surface area contributed by atoms with E-state index in [1.165, 1.54) is 5.75 Å². The smallest absolute Gasteiger partial charge is 0.0557 e. The van der Waals surface area contributed by atoms with Crippen LogP contribution in [0, 0.1) is 0 Å². The highest BCUT2D eigenvalue weighted by molar-refractivity contribution is 8.04. The summed E-state index contributed by atoms with van der Waals surface area (Å²) in [5, 5.41) is 0. The number of thioether (sulfide) groups is 2. The summed E-state index contributed by atoms with van der Waals surface area (Å²) in [6.07, 6.45) is 0. The average Bonchev–Trinajstić information content (AvgIpc) is 2.09. The Morgan fingerprint density at radius 2 is 1.77 bits per heavy atom. The summed E-state index contributed by atoms with van der Waals surface area (Å²) in [5.74, 6) is 4.33. The molecule has 0 aliphatic carbocycles. The molecule has 0 aromatic carbocycles. The summed E-state index contributed by atoms with van der Waals surface area (Å²) < 4.78 is 5.62. The fourth-order valence-corrected chi connectivity index (χ4v) is 2.44. The van der Waals surface area contributed by atoms with Crippen molar-refractivity contribution in [3.05, 3.63) is 0 Å². The van der Waals surface area contributed by atoms with E-state index in [0.29, 0.717) is 0 Å². The van der Waals surface area contributed by atoms with Gasteiger partial charge in [-0.3, -0.25) is 0 Å². The molecule has 0 spiro atoms. The van der Waals surface area contributed by atoms with Crippen molar-refractivity contribution in [1.82, 2.24) is 0 Å². The molecular formula is C8H18OS4. The molecule has 0 heterocycles. The molecule has 0 rings (SSSR count). The number of hydrogen-bond donors (Lipinski definition) is 2. The molecular weight excluding hydrogens is 240 g/mol. The van der Waals surface area contributed by atoms with Crippen LogP contribution in [0.4, 0.5) is 0 Å². The predicted molar refractivity (Wildman–Crippen MR) is 72.9 cm³/mol. The Hall–Kier alpha value is 1.36. The van der Waals surface area contributed by atoms with Gasteiger partial charge in [-0.15, -0.1) is 0 Å². The molecule has 0 aliphatic heterocycles. The van der Waals surface area contributed by atoms with Crippen LogP contribution < -0.4 is 0 Å². The Balaban J connectivity index is 2.84. The van der Waals surface area contributed by atoms with Crippen LogP contribution in [0.3, 0.4) is 0 Å². The molecule has 0 unspecified atom stereocenters. The number of rotatable bonds is 9. The maximum atomic E-state index is 5.43. The maximum Gasteiger partial charge on any atom is 0.0557 e. The van der Waals surface area contributed by atoms with Gasteiger partial charge in [0.15, 0.2) is 0 Å². The highest BCUT2D eigenvalue weighted by atomic mass is 32.2. The Morgan fingerprint density at radius 3 is 2.31 bits per heavy atom. The largest absolute Gasteiger partial charge is 0.380 e. The fourth-order valence-electron chi connectivity index (χ4n) is 0.671. The summed E-state index contributed by atoms with van der Waals surface area (Å²) in [4.78, 5) is 0. The number of ether oxygens (including phenoxy) is 1. The van der Waals surface area contributed by atoms with Gasteiger partial charge in [0.25, 0.3) is 0 Å². The van der Waals surface area contributed by atoms with Gasteiger partial charge in [-0.2, -0.15) is 48.8 Å². The minimum atomic E-state index is 0.195. The number of hydrogen-bond acceptors (Lipinski definition) is 5. The van der Waals surface area contributed by atoms with Crippen molar-refractivity contribution in [2.45, 2.75) is 11.5 Å². The minimum absolute atomic E-state index is 0.195. The second kappa shape index (κ2) is 11.4. The molecule has 13 heavy (non-hydrogen) atoms. The average molecular weight is 258 g/mol. The van der Waals surface area contributed by atoms with E-state index in [2.05, 4.69) is 32.2 Å². The molecule has 0 saturated carbocycles. The molecule has 0 radical (unpaired) electrons. The van der Waals surface area contributed by atoms with Crippen LogP contribution in [0.15, 0.2) is 0 Å². The van der Waals surface area contributed by atoms with E-state index < -0.39 is 0 Å². The van der Waals surface area contributed by atoms with E-state index in [0.717, 1.165) is 30.5 Å². The summed E-state index contributed by atoms with van der Waals surface area (Å²) in [7, 11) is 0. The highest BCUT2D eigenvalue weighted by Crippen LogP contribution is 2.09. The van der Waals surface area contributed by atoms with E-state index >= 15 is 0 Å². The lowest BCUT2D eigenvalue weighted by Gasteiger charge is -2.04. The Morgan fingerprint density at radius 1 is 1.15 bits per heavy atom. The summed E-state index contributed by atoms with van der Waals surface area (Å²) in [6.45, 7) is 3.90. The monoisotopic (exact) mass is 258 g/mol. The van der Waals surface area contributed by atoms with Crippen molar-refractivity contribution in [2.75, 3.05) is 36.2 Å². The SMILES string of the molecule is CCSCCOCCSCC(S)S. The van der Waals surface area contributed by atoms with E-state index in [9.17, 15) is 0 Å². The van der Waals surface area contributed by atoms with Crippen molar-refractivity contribution in [2.24, 2.45) is 0 Å². The van der Waals surface area contributed by atoms with Gasteiger partial charge in [0.2, 0.25) is 0 Å². The molecule has 1 nitrogen and oxygen atoms in total. The van der Waals surface area contributed by atoms with Crippen molar-refractivity contribution >= 4 is 48.8 Å². The van der Waals surface area contributed by atoms with E-state index in [1.54, 1.807) is 0 Å². The van der Waals surface area contributed by atoms with Gasteiger partial charge in [0, 0.05) is 17.3 Å². The third-order valence-electron chi connectivity index (χ3n) is 1.22. The van der Waals surface area contributed by atoms with E-state index in [4.69, 9.17) is 4.74 Å². The van der Waals surface area contributed by atoms with Crippen LogP contribution in [-0.2, 0) is 4.74 Å². The van der Waals surface area contributed by atoms with Crippen molar-refractivity contribution in [1.29, 1.82) is 0 Å². The molecule has 0 aliphatic rings. The third-order valence-corrected chi connectivity index (χ3v) is 3.96. The molecule has 0 bridgehead atoms. The lowest BCUT2D eigenvalue weighted by molar-refractivity contribution is 0.167. The van der Waals surface area contributed by atoms with Gasteiger partial charge in [-0.25, -0.2) is 0 Å². The van der Waals surface area contributed by atoms with Gasteiger partial charge in [0.05, 0.1) is 17.8 Å². The van der Waals surface area contributed by atoms with Gasteiger partial charge < -0.3 is 4.74 Å². The predicted octanol–water partition coefficient (Wildman–Crippen LogP) is 2.68. The van der Waals surface area contributed by atoms with Crippen molar-refractivity contribution in [3.63, 3.8) is 0 Å². The van der Waals surface area contributed by atoms with Crippen LogP contribution in [-0.4, -0.2) is 40.8 Å². The van der Waals surface area contributed by atoms with Gasteiger partial charge in [0.1, 0.15) is 0 Å². The molecule has 0 saturated heterocycles. The molecule has 0 aromatic rings. The molecule has 0 amide bonds. The summed E-state index contributed by atoms with van der Waals surface area (Å²) in [5.41, 5.74) is 0. The quantitative estimate of drug-likeness (QED) is 0.374. The first-order chi connectivity index (χ1) is 6.27. The minimum Gasteiger partial charge on any atom is -0.380 e. The standard InChI is InChI=1S/C8H18OS4/c1-2-12-5-3-9-4-6-13-7-8(10)11/h8,10-11H,2-7H2,1H3. The summed E-state index contributed by atoms with van der Waals surface area (Å²) >= 11 is 12.1. The van der Waals surface area contributed by atoms with Gasteiger partial charge >= 0.3 is 0 Å². The van der Waals surface area contributed by atoms with Gasteiger partial charge in [-0.05, 0) is 5.75 Å². The lowest BCUT2D eigenvalue weighted by atomic mass is 10.8. The molecule has 0 fully saturated rings. The van der Waals surface area contributed by atoms with Crippen molar-refractivity contribution < 1.29 is 4.74 Å². The zero-order chi connectivity index (χ0) is 9.94. The third kappa shape index (κ3) is 13.4. The summed E-state index contributed by atoms with van der Waals surface area (Å²) in [6, 6.07) is 0. The Bertz CT molecular complexity index is 100. The van der Waals surface area contributed by atoms with Crippen LogP contribution in [0.1, 0.15) is 6.92 Å². The van der Waals surface area contributed by atoms with Crippen molar-refractivity contribution in [3.8, 4) is 0 Å². The Labute approximate surface area is 101 Å². The van der Waals surface area contributed by atoms with E-state index in [1.807, 2.05) is 23.5 Å².